The summed E-state index contributed by atoms with van der Waals surface area (Å²) in [5.41, 5.74) is 6.87. The van der Waals surface area contributed by atoms with Crippen molar-refractivity contribution < 1.29 is 19.4 Å². The number of carbonyl (C=O) groups excluding carboxylic acids is 1. The van der Waals surface area contributed by atoms with E-state index in [0.717, 1.165) is 0 Å². The number of carboxylic acid groups (broad SMARTS) is 1. The molecule has 0 heterocycles. The molecule has 8 heteroatoms. The van der Waals surface area contributed by atoms with Crippen molar-refractivity contribution in [3.8, 4) is 0 Å². The Kier molecular flexibility index (Phi) is 5.62. The Labute approximate surface area is 156 Å². The molecule has 0 bridgehead atoms. The number of carboxylic acids is 1. The van der Waals surface area contributed by atoms with E-state index in [0.29, 0.717) is 22.1 Å². The van der Waals surface area contributed by atoms with Crippen molar-refractivity contribution in [2.75, 3.05) is 16.4 Å². The van der Waals surface area contributed by atoms with Gasteiger partial charge >= 0.3 is 12.1 Å². The lowest BCUT2D eigenvalue weighted by Gasteiger charge is -2.20. The largest absolute Gasteiger partial charge is 0.478 e. The summed E-state index contributed by atoms with van der Waals surface area (Å²) in [6.07, 6.45) is -0.609. The molecule has 0 aromatic heterocycles. The summed E-state index contributed by atoms with van der Waals surface area (Å²) < 4.78 is 5.20. The number of halogens is 1. The molecule has 0 radical (unpaired) electrons. The zero-order valence-electron chi connectivity index (χ0n) is 14.6. The first kappa shape index (κ1) is 19.4. The minimum atomic E-state index is -1.11. The number of nitrogens with one attached hydrogen (secondary N) is 2. The SMILES string of the molecule is CC(C)(C)OC(=O)Nc1ccc(N)c(Nc2cc(Cl)ccc2C(=O)O)c1. The highest BCUT2D eigenvalue weighted by Crippen LogP contribution is 2.30. The van der Waals surface area contributed by atoms with Crippen molar-refractivity contribution in [1.82, 2.24) is 0 Å². The molecule has 0 spiro atoms. The Hall–Kier alpha value is -2.93. The molecule has 0 atom stereocenters. The molecular weight excluding hydrogens is 358 g/mol. The van der Waals surface area contributed by atoms with E-state index in [1.165, 1.54) is 18.2 Å². The van der Waals surface area contributed by atoms with Gasteiger partial charge in [-0.15, -0.1) is 0 Å². The van der Waals surface area contributed by atoms with Crippen molar-refractivity contribution in [2.45, 2.75) is 26.4 Å². The van der Waals surface area contributed by atoms with Crippen molar-refractivity contribution >= 4 is 46.4 Å². The first-order chi connectivity index (χ1) is 12.0. The molecule has 0 fully saturated rings. The Morgan fingerprint density at radius 2 is 1.81 bits per heavy atom. The van der Waals surface area contributed by atoms with Crippen LogP contribution < -0.4 is 16.4 Å². The van der Waals surface area contributed by atoms with Crippen LogP contribution in [0.4, 0.5) is 27.5 Å². The number of carbonyl (C=O) groups is 2. The average Bonchev–Trinajstić information content (AvgIpc) is 2.48. The number of ether oxygens (including phenoxy) is 1. The summed E-state index contributed by atoms with van der Waals surface area (Å²) in [6, 6.07) is 9.14. The van der Waals surface area contributed by atoms with Gasteiger partial charge in [-0.1, -0.05) is 11.6 Å². The minimum absolute atomic E-state index is 0.0410. The van der Waals surface area contributed by atoms with Gasteiger partial charge < -0.3 is 20.9 Å². The molecule has 1 amide bonds. The van der Waals surface area contributed by atoms with Crippen LogP contribution in [0.1, 0.15) is 31.1 Å². The number of aromatic carboxylic acids is 1. The van der Waals surface area contributed by atoms with Gasteiger partial charge in [0.1, 0.15) is 5.60 Å². The van der Waals surface area contributed by atoms with Crippen LogP contribution in [0.25, 0.3) is 0 Å². The summed E-state index contributed by atoms with van der Waals surface area (Å²) in [6.45, 7) is 5.28. The highest BCUT2D eigenvalue weighted by Gasteiger charge is 2.17. The van der Waals surface area contributed by atoms with Crippen LogP contribution in [0.2, 0.25) is 5.02 Å². The third kappa shape index (κ3) is 5.29. The fourth-order valence-electron chi connectivity index (χ4n) is 2.12. The summed E-state index contributed by atoms with van der Waals surface area (Å²) >= 11 is 5.95. The van der Waals surface area contributed by atoms with Crippen LogP contribution in [-0.4, -0.2) is 22.8 Å². The first-order valence-electron chi connectivity index (χ1n) is 7.74. The van der Waals surface area contributed by atoms with E-state index in [4.69, 9.17) is 22.1 Å². The smallest absolute Gasteiger partial charge is 0.412 e. The number of anilines is 4. The number of nitrogen functional groups attached to an aromatic ring is 1. The molecule has 26 heavy (non-hydrogen) atoms. The van der Waals surface area contributed by atoms with Crippen LogP contribution in [0.3, 0.4) is 0 Å². The fourth-order valence-corrected chi connectivity index (χ4v) is 2.29. The van der Waals surface area contributed by atoms with Gasteiger partial charge in [-0.25, -0.2) is 9.59 Å². The van der Waals surface area contributed by atoms with E-state index >= 15 is 0 Å². The van der Waals surface area contributed by atoms with E-state index in [2.05, 4.69) is 10.6 Å². The standard InChI is InChI=1S/C18H20ClN3O4/c1-18(2,3)26-17(25)21-11-5-7-13(20)15(9-11)22-14-8-10(19)4-6-12(14)16(23)24/h4-9,22H,20H2,1-3H3,(H,21,25)(H,23,24). The van der Waals surface area contributed by atoms with Crippen LogP contribution in [0.5, 0.6) is 0 Å². The highest BCUT2D eigenvalue weighted by molar-refractivity contribution is 6.31. The first-order valence-corrected chi connectivity index (χ1v) is 8.12. The van der Waals surface area contributed by atoms with E-state index in [9.17, 15) is 14.7 Å². The lowest BCUT2D eigenvalue weighted by Crippen LogP contribution is -2.27. The van der Waals surface area contributed by atoms with Crippen molar-refractivity contribution in [1.29, 1.82) is 0 Å². The van der Waals surface area contributed by atoms with E-state index in [1.54, 1.807) is 39.0 Å². The van der Waals surface area contributed by atoms with Gasteiger partial charge in [0.25, 0.3) is 0 Å². The molecule has 2 rings (SSSR count). The van der Waals surface area contributed by atoms with Crippen molar-refractivity contribution in [3.63, 3.8) is 0 Å². The third-order valence-corrected chi connectivity index (χ3v) is 3.42. The molecule has 2 aromatic carbocycles. The quantitative estimate of drug-likeness (QED) is 0.574. The second kappa shape index (κ2) is 7.53. The lowest BCUT2D eigenvalue weighted by atomic mass is 10.1. The van der Waals surface area contributed by atoms with E-state index < -0.39 is 17.7 Å². The second-order valence-electron chi connectivity index (χ2n) is 6.55. The number of benzene rings is 2. The third-order valence-electron chi connectivity index (χ3n) is 3.18. The predicted molar refractivity (Wildman–Crippen MR) is 102 cm³/mol. The van der Waals surface area contributed by atoms with Gasteiger partial charge in [0, 0.05) is 10.7 Å². The zero-order chi connectivity index (χ0) is 19.5. The lowest BCUT2D eigenvalue weighted by molar-refractivity contribution is 0.0634. The summed E-state index contributed by atoms with van der Waals surface area (Å²) in [5, 5.41) is 15.2. The Morgan fingerprint density at radius 3 is 2.42 bits per heavy atom. The van der Waals surface area contributed by atoms with Crippen LogP contribution in [0.15, 0.2) is 36.4 Å². The van der Waals surface area contributed by atoms with Gasteiger partial charge in [0.15, 0.2) is 0 Å². The molecular formula is C18H20ClN3O4. The normalized spacial score (nSPS) is 10.9. The van der Waals surface area contributed by atoms with Gasteiger partial charge in [-0.3, -0.25) is 5.32 Å². The maximum absolute atomic E-state index is 11.9. The minimum Gasteiger partial charge on any atom is -0.478 e. The van der Waals surface area contributed by atoms with E-state index in [1.807, 2.05) is 0 Å². The Morgan fingerprint density at radius 1 is 1.12 bits per heavy atom. The molecule has 138 valence electrons. The molecule has 0 saturated heterocycles. The maximum Gasteiger partial charge on any atom is 0.412 e. The van der Waals surface area contributed by atoms with Crippen LogP contribution >= 0.6 is 11.6 Å². The number of amides is 1. The highest BCUT2D eigenvalue weighted by atomic mass is 35.5. The average molecular weight is 378 g/mol. The summed E-state index contributed by atoms with van der Waals surface area (Å²) in [5.74, 6) is -1.11. The van der Waals surface area contributed by atoms with Gasteiger partial charge in [0.05, 0.1) is 22.6 Å². The monoisotopic (exact) mass is 377 g/mol. The molecule has 0 saturated carbocycles. The predicted octanol–water partition coefficient (Wildman–Crippen LogP) is 4.71. The number of hydrogen-bond donors (Lipinski definition) is 4. The molecule has 0 unspecified atom stereocenters. The van der Waals surface area contributed by atoms with Gasteiger partial charge in [-0.05, 0) is 57.2 Å². The van der Waals surface area contributed by atoms with Crippen molar-refractivity contribution in [3.05, 3.63) is 47.0 Å². The molecule has 5 N–H and O–H groups in total. The maximum atomic E-state index is 11.9. The second-order valence-corrected chi connectivity index (χ2v) is 6.99. The number of rotatable bonds is 4. The summed E-state index contributed by atoms with van der Waals surface area (Å²) in [4.78, 5) is 23.3. The van der Waals surface area contributed by atoms with Crippen molar-refractivity contribution in [2.24, 2.45) is 0 Å². The topological polar surface area (TPSA) is 114 Å². The van der Waals surface area contributed by atoms with Crippen LogP contribution in [0, 0.1) is 0 Å². The molecule has 7 nitrogen and oxygen atoms in total. The number of nitrogens with two attached hydrogens (primary N) is 1. The van der Waals surface area contributed by atoms with Crippen LogP contribution in [-0.2, 0) is 4.74 Å². The fraction of sp³-hybridized carbons (Fsp3) is 0.222. The zero-order valence-corrected chi connectivity index (χ0v) is 15.3. The summed E-state index contributed by atoms with van der Waals surface area (Å²) in [7, 11) is 0. The Bertz CT molecular complexity index is 847. The molecule has 0 aliphatic carbocycles. The van der Waals surface area contributed by atoms with E-state index in [-0.39, 0.29) is 11.3 Å². The Balaban J connectivity index is 2.27. The van der Waals surface area contributed by atoms with Gasteiger partial charge in [-0.2, -0.15) is 0 Å². The molecule has 0 aliphatic rings. The number of hydrogen-bond acceptors (Lipinski definition) is 5. The van der Waals surface area contributed by atoms with Gasteiger partial charge in [0.2, 0.25) is 0 Å². The molecule has 2 aromatic rings. The molecule has 0 aliphatic heterocycles.